The molecule has 0 radical (unpaired) electrons. The Balaban J connectivity index is 1.87. The Bertz CT molecular complexity index is 1690. The standard InChI is InChI=1S/C41H55N3O11/c1-11-25(34(35(47)48)43-37(50)55-41(8,9)10)20-21-44(23-32(45)42-31(36(49)54-40(5,6)7)22-33(46)53-39(2,3)4)38(51)52-24-30-28-18-14-12-16-26(28)27-17-13-15-19-29(27)30/h11-19,25,30-31,34H,1,20-24H2,2-10H3,(H,42,45)(H,43,50)(H,47,48)/t25-,31+,34+/m1/s1. The highest BCUT2D eigenvalue weighted by atomic mass is 16.6. The Labute approximate surface area is 322 Å². The molecule has 0 aromatic heterocycles. The van der Waals surface area contributed by atoms with Crippen LogP contribution in [0.3, 0.4) is 0 Å². The van der Waals surface area contributed by atoms with Crippen LogP contribution in [0.25, 0.3) is 11.1 Å². The summed E-state index contributed by atoms with van der Waals surface area (Å²) in [5, 5.41) is 14.9. The van der Waals surface area contributed by atoms with Crippen LogP contribution in [0, 0.1) is 5.92 Å². The van der Waals surface area contributed by atoms with E-state index in [0.29, 0.717) is 0 Å². The third-order valence-electron chi connectivity index (χ3n) is 8.15. The second kappa shape index (κ2) is 18.3. The van der Waals surface area contributed by atoms with E-state index in [1.54, 1.807) is 62.3 Å². The number of aliphatic carboxylic acids is 1. The molecule has 14 nitrogen and oxygen atoms in total. The number of hydrogen-bond donors (Lipinski definition) is 3. The molecule has 0 fully saturated rings. The van der Waals surface area contributed by atoms with Crippen LogP contribution in [0.1, 0.15) is 92.2 Å². The van der Waals surface area contributed by atoms with Crippen LogP contribution in [-0.4, -0.2) is 94.6 Å². The maximum Gasteiger partial charge on any atom is 0.410 e. The van der Waals surface area contributed by atoms with Crippen molar-refractivity contribution in [1.82, 2.24) is 15.5 Å². The molecule has 0 saturated heterocycles. The molecule has 3 N–H and O–H groups in total. The lowest BCUT2D eigenvalue weighted by atomic mass is 9.96. The monoisotopic (exact) mass is 765 g/mol. The number of hydrogen-bond acceptors (Lipinski definition) is 10. The second-order valence-corrected chi connectivity index (χ2v) is 16.3. The fraction of sp³-hybridized carbons (Fsp3) is 0.512. The van der Waals surface area contributed by atoms with E-state index in [1.165, 1.54) is 6.08 Å². The summed E-state index contributed by atoms with van der Waals surface area (Å²) >= 11 is 0. The van der Waals surface area contributed by atoms with Gasteiger partial charge in [0.2, 0.25) is 5.91 Å². The van der Waals surface area contributed by atoms with Gasteiger partial charge in [0.05, 0.1) is 6.42 Å². The number of fused-ring (bicyclic) bond motifs is 3. The van der Waals surface area contributed by atoms with Gasteiger partial charge in [-0.05, 0) is 91.0 Å². The molecule has 0 unspecified atom stereocenters. The molecule has 300 valence electrons. The first-order valence-corrected chi connectivity index (χ1v) is 18.2. The molecule has 0 heterocycles. The predicted octanol–water partition coefficient (Wildman–Crippen LogP) is 5.97. The number of carboxylic acid groups (broad SMARTS) is 1. The molecule has 0 aliphatic heterocycles. The SMILES string of the molecule is C=C[C@H](CCN(CC(=O)N[C@@H](CC(=O)OC(C)(C)C)C(=O)OC(C)(C)C)C(=O)OCC1c2ccccc2-c2ccccc21)[C@H](NC(=O)OC(C)(C)C)C(=O)O. The third kappa shape index (κ3) is 13.8. The highest BCUT2D eigenvalue weighted by Crippen LogP contribution is 2.44. The van der Waals surface area contributed by atoms with Crippen molar-refractivity contribution in [2.45, 2.75) is 110 Å². The molecule has 14 heteroatoms. The molecule has 2 aromatic carbocycles. The number of ether oxygens (including phenoxy) is 4. The van der Waals surface area contributed by atoms with Crippen molar-refractivity contribution in [3.8, 4) is 11.1 Å². The van der Waals surface area contributed by atoms with E-state index in [1.807, 2.05) is 48.5 Å². The largest absolute Gasteiger partial charge is 0.480 e. The summed E-state index contributed by atoms with van der Waals surface area (Å²) in [6.07, 6.45) is -1.16. The maximum absolute atomic E-state index is 13.9. The summed E-state index contributed by atoms with van der Waals surface area (Å²) in [4.78, 5) is 79.3. The molecule has 3 rings (SSSR count). The highest BCUT2D eigenvalue weighted by molar-refractivity contribution is 5.90. The number of esters is 2. The number of amides is 3. The van der Waals surface area contributed by atoms with Crippen LogP contribution in [0.4, 0.5) is 9.59 Å². The fourth-order valence-corrected chi connectivity index (χ4v) is 5.96. The van der Waals surface area contributed by atoms with E-state index in [0.717, 1.165) is 27.2 Å². The number of rotatable bonds is 15. The molecule has 0 bridgehead atoms. The van der Waals surface area contributed by atoms with Crippen LogP contribution >= 0.6 is 0 Å². The zero-order valence-electron chi connectivity index (χ0n) is 33.2. The van der Waals surface area contributed by atoms with Gasteiger partial charge in [0.1, 0.15) is 42.0 Å². The number of alkyl carbamates (subject to hydrolysis) is 1. The minimum absolute atomic E-state index is 0.0764. The first kappa shape index (κ1) is 44.0. The van der Waals surface area contributed by atoms with Crippen molar-refractivity contribution in [2.24, 2.45) is 5.92 Å². The lowest BCUT2D eigenvalue weighted by molar-refractivity contribution is -0.165. The van der Waals surface area contributed by atoms with Crippen LogP contribution in [0.2, 0.25) is 0 Å². The van der Waals surface area contributed by atoms with Gasteiger partial charge in [-0.25, -0.2) is 19.2 Å². The van der Waals surface area contributed by atoms with Gasteiger partial charge in [-0.3, -0.25) is 14.5 Å². The van der Waals surface area contributed by atoms with Crippen LogP contribution in [0.5, 0.6) is 0 Å². The Kier molecular flexibility index (Phi) is 14.6. The zero-order valence-corrected chi connectivity index (χ0v) is 33.2. The van der Waals surface area contributed by atoms with Gasteiger partial charge in [0, 0.05) is 18.4 Å². The second-order valence-electron chi connectivity index (χ2n) is 16.3. The quantitative estimate of drug-likeness (QED) is 0.110. The topological polar surface area (TPSA) is 187 Å². The maximum atomic E-state index is 13.9. The zero-order chi connectivity index (χ0) is 41.3. The lowest BCUT2D eigenvalue weighted by Crippen LogP contribution is -2.51. The highest BCUT2D eigenvalue weighted by Gasteiger charge is 2.35. The number of nitrogens with zero attached hydrogens (tertiary/aromatic N) is 1. The summed E-state index contributed by atoms with van der Waals surface area (Å²) in [6.45, 7) is 17.6. The van der Waals surface area contributed by atoms with Gasteiger partial charge < -0.3 is 34.7 Å². The normalized spacial score (nSPS) is 14.2. The fourth-order valence-electron chi connectivity index (χ4n) is 5.96. The number of benzene rings is 2. The van der Waals surface area contributed by atoms with Gasteiger partial charge in [-0.15, -0.1) is 6.58 Å². The third-order valence-corrected chi connectivity index (χ3v) is 8.15. The predicted molar refractivity (Wildman–Crippen MR) is 204 cm³/mol. The average molecular weight is 766 g/mol. The number of carbonyl (C=O) groups is 6. The smallest absolute Gasteiger partial charge is 0.410 e. The number of nitrogens with one attached hydrogen (secondary N) is 2. The van der Waals surface area contributed by atoms with E-state index in [4.69, 9.17) is 18.9 Å². The molecule has 3 amide bonds. The summed E-state index contributed by atoms with van der Waals surface area (Å²) in [6, 6.07) is 12.6. The summed E-state index contributed by atoms with van der Waals surface area (Å²) in [5.74, 6) is -5.08. The Hall–Kier alpha value is -5.40. The minimum Gasteiger partial charge on any atom is -0.480 e. The number of carbonyl (C=O) groups excluding carboxylic acids is 5. The lowest BCUT2D eigenvalue weighted by Gasteiger charge is -2.29. The Morgan fingerprint density at radius 1 is 0.800 bits per heavy atom. The summed E-state index contributed by atoms with van der Waals surface area (Å²) < 4.78 is 21.9. The van der Waals surface area contributed by atoms with E-state index < -0.39 is 83.8 Å². The first-order chi connectivity index (χ1) is 25.5. The summed E-state index contributed by atoms with van der Waals surface area (Å²) in [7, 11) is 0. The Morgan fingerprint density at radius 2 is 1.33 bits per heavy atom. The van der Waals surface area contributed by atoms with Gasteiger partial charge >= 0.3 is 30.1 Å². The minimum atomic E-state index is -1.49. The number of carboxylic acids is 1. The van der Waals surface area contributed by atoms with Crippen molar-refractivity contribution in [2.75, 3.05) is 19.7 Å². The molecule has 1 aliphatic rings. The molecule has 3 atom stereocenters. The first-order valence-electron chi connectivity index (χ1n) is 18.2. The van der Waals surface area contributed by atoms with Crippen LogP contribution < -0.4 is 10.6 Å². The van der Waals surface area contributed by atoms with E-state index >= 15 is 0 Å². The van der Waals surface area contributed by atoms with Crippen molar-refractivity contribution < 1.29 is 52.8 Å². The van der Waals surface area contributed by atoms with Gasteiger partial charge in [0.25, 0.3) is 0 Å². The van der Waals surface area contributed by atoms with Crippen LogP contribution in [-0.2, 0) is 38.1 Å². The molecule has 55 heavy (non-hydrogen) atoms. The molecule has 0 spiro atoms. The van der Waals surface area contributed by atoms with E-state index in [2.05, 4.69) is 17.2 Å². The Morgan fingerprint density at radius 3 is 1.82 bits per heavy atom. The molecule has 2 aromatic rings. The summed E-state index contributed by atoms with van der Waals surface area (Å²) in [5.41, 5.74) is 1.24. The van der Waals surface area contributed by atoms with Crippen molar-refractivity contribution in [1.29, 1.82) is 0 Å². The molecule has 1 aliphatic carbocycles. The van der Waals surface area contributed by atoms with E-state index in [-0.39, 0.29) is 25.5 Å². The van der Waals surface area contributed by atoms with Gasteiger partial charge in [-0.1, -0.05) is 54.6 Å². The molecular weight excluding hydrogens is 710 g/mol. The molecule has 0 saturated carbocycles. The van der Waals surface area contributed by atoms with Crippen molar-refractivity contribution >= 4 is 36.0 Å². The van der Waals surface area contributed by atoms with Crippen molar-refractivity contribution in [3.05, 3.63) is 72.3 Å². The van der Waals surface area contributed by atoms with E-state index in [9.17, 15) is 33.9 Å². The van der Waals surface area contributed by atoms with Crippen molar-refractivity contribution in [3.63, 3.8) is 0 Å². The van der Waals surface area contributed by atoms with Gasteiger partial charge in [-0.2, -0.15) is 0 Å². The van der Waals surface area contributed by atoms with Crippen LogP contribution in [0.15, 0.2) is 61.2 Å². The molecular formula is C41H55N3O11. The average Bonchev–Trinajstić information content (AvgIpc) is 3.37. The van der Waals surface area contributed by atoms with Gasteiger partial charge in [0.15, 0.2) is 0 Å².